The van der Waals surface area contributed by atoms with Crippen molar-refractivity contribution in [3.63, 3.8) is 0 Å². The van der Waals surface area contributed by atoms with Gasteiger partial charge < -0.3 is 0 Å². The predicted octanol–water partition coefficient (Wildman–Crippen LogP) is 6.85. The number of rotatable bonds is 11. The van der Waals surface area contributed by atoms with E-state index in [4.69, 9.17) is 18.0 Å². The molecular weight excluding hydrogens is 284 g/mol. The summed E-state index contributed by atoms with van der Waals surface area (Å²) in [5, 5.41) is 0. The van der Waals surface area contributed by atoms with Crippen molar-refractivity contribution in [3.05, 3.63) is 20.8 Å². The summed E-state index contributed by atoms with van der Waals surface area (Å²) < 4.78 is 0.819. The fourth-order valence-electron chi connectivity index (χ4n) is 2.51. The number of aryl methyl sites for hydroxylation is 1. The van der Waals surface area contributed by atoms with Crippen molar-refractivity contribution in [1.29, 1.82) is 0 Å². The van der Waals surface area contributed by atoms with Crippen molar-refractivity contribution in [1.82, 2.24) is 0 Å². The summed E-state index contributed by atoms with van der Waals surface area (Å²) in [6.45, 7) is 2.27. The first kappa shape index (κ1) is 17.6. The van der Waals surface area contributed by atoms with Crippen LogP contribution in [0.5, 0.6) is 0 Å². The number of hydrogen-bond donors (Lipinski definition) is 0. The molecule has 0 fully saturated rings. The topological polar surface area (TPSA) is 0 Å². The second kappa shape index (κ2) is 11.2. The van der Waals surface area contributed by atoms with Crippen LogP contribution in [0.15, 0.2) is 6.07 Å². The molecule has 1 aromatic heterocycles. The Morgan fingerprint density at radius 2 is 1.55 bits per heavy atom. The molecule has 0 bridgehead atoms. The predicted molar refractivity (Wildman–Crippen MR) is 92.8 cm³/mol. The fourth-order valence-corrected chi connectivity index (χ4v) is 3.62. The molecule has 112 valence electrons. The van der Waals surface area contributed by atoms with Gasteiger partial charge in [-0.15, -0.1) is 17.8 Å². The van der Waals surface area contributed by atoms with Gasteiger partial charge in [0.2, 0.25) is 0 Å². The lowest BCUT2D eigenvalue weighted by Crippen LogP contribution is -1.87. The van der Waals surface area contributed by atoms with Crippen molar-refractivity contribution in [2.45, 2.75) is 77.6 Å². The first-order chi connectivity index (χ1) is 9.77. The summed E-state index contributed by atoms with van der Waals surface area (Å²) in [7, 11) is 0. The van der Waals surface area contributed by atoms with Crippen molar-refractivity contribution >= 4 is 22.9 Å². The molecule has 0 radical (unpaired) electrons. The highest BCUT2D eigenvalue weighted by Crippen LogP contribution is 2.27. The molecule has 0 atom stereocenters. The van der Waals surface area contributed by atoms with E-state index in [0.29, 0.717) is 0 Å². The highest BCUT2D eigenvalue weighted by atomic mass is 35.5. The van der Waals surface area contributed by atoms with E-state index in [2.05, 4.69) is 12.8 Å². The number of unbranched alkanes of at least 4 members (excludes halogenated alkanes) is 9. The van der Waals surface area contributed by atoms with Gasteiger partial charge in [0.1, 0.15) is 0 Å². The molecule has 0 aliphatic heterocycles. The molecule has 0 saturated heterocycles. The second-order valence-corrected chi connectivity index (χ2v) is 7.16. The fraction of sp³-hybridized carbons (Fsp3) is 0.667. The second-order valence-electron chi connectivity index (χ2n) is 5.48. The Labute approximate surface area is 133 Å². The molecule has 0 aromatic carbocycles. The largest absolute Gasteiger partial charge is 0.114 e. The van der Waals surface area contributed by atoms with Gasteiger partial charge in [0.15, 0.2) is 0 Å². The molecule has 1 aromatic rings. The van der Waals surface area contributed by atoms with Gasteiger partial charge in [-0.2, -0.15) is 0 Å². The van der Waals surface area contributed by atoms with Crippen LogP contribution in [0.1, 0.15) is 81.6 Å². The summed E-state index contributed by atoms with van der Waals surface area (Å²) in [5.74, 6) is 2.74. The molecular formula is C18H27ClS. The van der Waals surface area contributed by atoms with Crippen LogP contribution >= 0.6 is 22.9 Å². The van der Waals surface area contributed by atoms with Crippen LogP contribution in [-0.4, -0.2) is 0 Å². The van der Waals surface area contributed by atoms with Crippen LogP contribution in [0, 0.1) is 12.3 Å². The highest BCUT2D eigenvalue weighted by Gasteiger charge is 2.05. The van der Waals surface area contributed by atoms with Gasteiger partial charge in [0.25, 0.3) is 0 Å². The molecule has 1 rings (SSSR count). The minimum Gasteiger partial charge on any atom is -0.114 e. The quantitative estimate of drug-likeness (QED) is 0.310. The van der Waals surface area contributed by atoms with E-state index < -0.39 is 0 Å². The van der Waals surface area contributed by atoms with Crippen LogP contribution in [0.2, 0.25) is 4.34 Å². The number of halogens is 1. The van der Waals surface area contributed by atoms with Crippen LogP contribution in [-0.2, 0) is 6.42 Å². The Balaban J connectivity index is 1.98. The molecule has 0 amide bonds. The SMILES string of the molecule is C#Cc1sc(Cl)cc1CCCCCCCCCCCC. The zero-order valence-corrected chi connectivity index (χ0v) is 14.3. The Morgan fingerprint density at radius 3 is 2.10 bits per heavy atom. The standard InChI is InChI=1S/C18H27ClS/c1-3-5-6-7-8-9-10-11-12-13-14-16-15-18(19)20-17(16)4-2/h2,15H,3,5-14H2,1H3. The highest BCUT2D eigenvalue weighted by molar-refractivity contribution is 7.16. The monoisotopic (exact) mass is 310 g/mol. The van der Waals surface area contributed by atoms with Crippen LogP contribution in [0.3, 0.4) is 0 Å². The smallest absolute Gasteiger partial charge is 0.0944 e. The average molecular weight is 311 g/mol. The van der Waals surface area contributed by atoms with Crippen LogP contribution in [0.4, 0.5) is 0 Å². The minimum absolute atomic E-state index is 0.819. The summed E-state index contributed by atoms with van der Waals surface area (Å²) >= 11 is 7.53. The Morgan fingerprint density at radius 1 is 1.00 bits per heavy atom. The van der Waals surface area contributed by atoms with Crippen molar-refractivity contribution in [3.8, 4) is 12.3 Å². The molecule has 0 spiro atoms. The van der Waals surface area contributed by atoms with Gasteiger partial charge in [-0.3, -0.25) is 0 Å². The molecule has 0 N–H and O–H groups in total. The van der Waals surface area contributed by atoms with Crippen molar-refractivity contribution < 1.29 is 0 Å². The summed E-state index contributed by atoms with van der Waals surface area (Å²) in [6, 6.07) is 2.04. The van der Waals surface area contributed by atoms with Gasteiger partial charge in [0, 0.05) is 0 Å². The lowest BCUT2D eigenvalue weighted by atomic mass is 10.0. The van der Waals surface area contributed by atoms with Gasteiger partial charge >= 0.3 is 0 Å². The van der Waals surface area contributed by atoms with Gasteiger partial charge in [-0.05, 0) is 24.5 Å². The summed E-state index contributed by atoms with van der Waals surface area (Å²) in [4.78, 5) is 1.02. The van der Waals surface area contributed by atoms with E-state index in [1.54, 1.807) is 0 Å². The summed E-state index contributed by atoms with van der Waals surface area (Å²) in [5.41, 5.74) is 1.27. The van der Waals surface area contributed by atoms with Crippen LogP contribution < -0.4 is 0 Å². The van der Waals surface area contributed by atoms with E-state index in [-0.39, 0.29) is 0 Å². The zero-order valence-electron chi connectivity index (χ0n) is 12.7. The van der Waals surface area contributed by atoms with E-state index >= 15 is 0 Å². The van der Waals surface area contributed by atoms with Crippen LogP contribution in [0.25, 0.3) is 0 Å². The lowest BCUT2D eigenvalue weighted by Gasteiger charge is -2.02. The third kappa shape index (κ3) is 7.36. The third-order valence-electron chi connectivity index (χ3n) is 3.71. The molecule has 1 heterocycles. The summed E-state index contributed by atoms with van der Waals surface area (Å²) in [6.07, 6.45) is 20.3. The molecule has 0 aliphatic rings. The maximum absolute atomic E-state index is 6.00. The average Bonchev–Trinajstić information content (AvgIpc) is 2.81. The molecule has 0 saturated carbocycles. The third-order valence-corrected chi connectivity index (χ3v) is 4.95. The molecule has 0 unspecified atom stereocenters. The first-order valence-electron chi connectivity index (χ1n) is 8.02. The van der Waals surface area contributed by atoms with E-state index in [0.717, 1.165) is 15.6 Å². The van der Waals surface area contributed by atoms with Gasteiger partial charge in [-0.25, -0.2) is 0 Å². The van der Waals surface area contributed by atoms with Gasteiger partial charge in [-0.1, -0.05) is 82.2 Å². The first-order valence-corrected chi connectivity index (χ1v) is 9.22. The number of terminal acetylenes is 1. The zero-order chi connectivity index (χ0) is 14.6. The Hall–Kier alpha value is -0.450. The molecule has 0 nitrogen and oxygen atoms in total. The molecule has 20 heavy (non-hydrogen) atoms. The van der Waals surface area contributed by atoms with Gasteiger partial charge in [0.05, 0.1) is 9.21 Å². The Kier molecular flexibility index (Phi) is 9.89. The maximum Gasteiger partial charge on any atom is 0.0944 e. The maximum atomic E-state index is 6.00. The van der Waals surface area contributed by atoms with E-state index in [1.807, 2.05) is 6.07 Å². The van der Waals surface area contributed by atoms with Crippen molar-refractivity contribution in [2.75, 3.05) is 0 Å². The minimum atomic E-state index is 0.819. The van der Waals surface area contributed by atoms with Crippen molar-refractivity contribution in [2.24, 2.45) is 0 Å². The van der Waals surface area contributed by atoms with E-state index in [9.17, 15) is 0 Å². The normalized spacial score (nSPS) is 10.7. The molecule has 2 heteroatoms. The van der Waals surface area contributed by atoms with E-state index in [1.165, 1.54) is 81.1 Å². The Bertz CT molecular complexity index is 400. The number of hydrogen-bond acceptors (Lipinski definition) is 1. The number of thiophene rings is 1. The molecule has 0 aliphatic carbocycles. The lowest BCUT2D eigenvalue weighted by molar-refractivity contribution is 0.556.